The summed E-state index contributed by atoms with van der Waals surface area (Å²) in [5.74, 6) is -0.756. The molecular weight excluding hydrogens is 281 g/mol. The average Bonchev–Trinajstić information content (AvgIpc) is 3.15. The zero-order valence-electron chi connectivity index (χ0n) is 11.6. The predicted octanol–water partition coefficient (Wildman–Crippen LogP) is 2.72. The molecule has 1 fully saturated rings. The maximum absolute atomic E-state index is 13.8. The predicted molar refractivity (Wildman–Crippen MR) is 76.1 cm³/mol. The molecule has 3 atom stereocenters. The van der Waals surface area contributed by atoms with Gasteiger partial charge in [-0.05, 0) is 24.5 Å². The van der Waals surface area contributed by atoms with Crippen molar-refractivity contribution < 1.29 is 14.3 Å². The minimum atomic E-state index is -0.361. The topological polar surface area (TPSA) is 49.3 Å². The Morgan fingerprint density at radius 1 is 1.55 bits per heavy atom. The van der Waals surface area contributed by atoms with E-state index in [1.807, 2.05) is 13.8 Å². The van der Waals surface area contributed by atoms with Gasteiger partial charge in [-0.25, -0.2) is 4.39 Å². The maximum Gasteiger partial charge on any atom is 0.224 e. The van der Waals surface area contributed by atoms with Crippen molar-refractivity contribution in [1.82, 2.24) is 5.32 Å². The highest BCUT2D eigenvalue weighted by Gasteiger charge is 2.46. The Kier molecular flexibility index (Phi) is 4.66. The number of nitrogens with one attached hydrogen (secondary N) is 1. The molecule has 5 heteroatoms. The highest BCUT2D eigenvalue weighted by molar-refractivity contribution is 6.31. The molecular formula is C15H19ClFNO2. The molecule has 1 aliphatic rings. The molecule has 0 radical (unpaired) electrons. The van der Waals surface area contributed by atoms with Gasteiger partial charge in [-0.15, -0.1) is 0 Å². The van der Waals surface area contributed by atoms with Crippen molar-refractivity contribution in [2.75, 3.05) is 6.61 Å². The van der Waals surface area contributed by atoms with Gasteiger partial charge < -0.3 is 10.4 Å². The minimum Gasteiger partial charge on any atom is -0.394 e. The van der Waals surface area contributed by atoms with Crippen LogP contribution in [-0.4, -0.2) is 23.7 Å². The number of benzene rings is 1. The molecule has 20 heavy (non-hydrogen) atoms. The van der Waals surface area contributed by atoms with E-state index >= 15 is 0 Å². The van der Waals surface area contributed by atoms with E-state index in [1.54, 1.807) is 12.1 Å². The lowest BCUT2D eigenvalue weighted by Crippen LogP contribution is -2.42. The van der Waals surface area contributed by atoms with Crippen molar-refractivity contribution in [3.05, 3.63) is 34.6 Å². The lowest BCUT2D eigenvalue weighted by molar-refractivity contribution is -0.123. The highest BCUT2D eigenvalue weighted by Crippen LogP contribution is 2.50. The molecule has 1 saturated carbocycles. The van der Waals surface area contributed by atoms with Crippen molar-refractivity contribution in [3.63, 3.8) is 0 Å². The van der Waals surface area contributed by atoms with Gasteiger partial charge in [0.1, 0.15) is 5.82 Å². The van der Waals surface area contributed by atoms with Crippen molar-refractivity contribution in [1.29, 1.82) is 0 Å². The van der Waals surface area contributed by atoms with Crippen LogP contribution in [0.1, 0.15) is 31.7 Å². The first-order valence-corrected chi connectivity index (χ1v) is 7.18. The fraction of sp³-hybridized carbons (Fsp3) is 0.533. The molecule has 2 N–H and O–H groups in total. The third-order valence-corrected chi connectivity index (χ3v) is 4.16. The summed E-state index contributed by atoms with van der Waals surface area (Å²) in [6.45, 7) is 3.76. The van der Waals surface area contributed by atoms with E-state index in [4.69, 9.17) is 11.6 Å². The lowest BCUT2D eigenvalue weighted by Gasteiger charge is -2.20. The Morgan fingerprint density at radius 3 is 2.80 bits per heavy atom. The third-order valence-electron chi connectivity index (χ3n) is 3.83. The molecule has 3 nitrogen and oxygen atoms in total. The molecule has 1 aromatic carbocycles. The second-order valence-corrected chi connectivity index (χ2v) is 6.03. The zero-order chi connectivity index (χ0) is 14.9. The normalized spacial score (nSPS) is 22.7. The van der Waals surface area contributed by atoms with Crippen LogP contribution in [0.2, 0.25) is 5.02 Å². The number of amides is 1. The summed E-state index contributed by atoms with van der Waals surface area (Å²) in [5.41, 5.74) is 0.430. The van der Waals surface area contributed by atoms with Crippen LogP contribution >= 0.6 is 11.6 Å². The summed E-state index contributed by atoms with van der Waals surface area (Å²) in [6.07, 6.45) is 0.600. The minimum absolute atomic E-state index is 0.0960. The highest BCUT2D eigenvalue weighted by atomic mass is 35.5. The fourth-order valence-electron chi connectivity index (χ4n) is 2.38. The SMILES string of the molecule is CC(C)[C@@H](CO)NC(=O)[C@H]1C[C@@H]1c1c(F)cccc1Cl. The van der Waals surface area contributed by atoms with Crippen LogP contribution in [0.15, 0.2) is 18.2 Å². The van der Waals surface area contributed by atoms with Gasteiger partial charge in [-0.2, -0.15) is 0 Å². The first-order chi connectivity index (χ1) is 9.45. The van der Waals surface area contributed by atoms with Crippen LogP contribution in [0.3, 0.4) is 0 Å². The standard InChI is InChI=1S/C15H19ClFNO2/c1-8(2)13(7-19)18-15(20)10-6-9(10)14-11(16)4-3-5-12(14)17/h3-5,8-10,13,19H,6-7H2,1-2H3,(H,18,20)/t9-,10-,13+/m0/s1. The van der Waals surface area contributed by atoms with Crippen LogP contribution in [0, 0.1) is 17.7 Å². The van der Waals surface area contributed by atoms with E-state index in [0.717, 1.165) is 0 Å². The van der Waals surface area contributed by atoms with Crippen molar-refractivity contribution in [2.45, 2.75) is 32.2 Å². The number of carbonyl (C=O) groups is 1. The zero-order valence-corrected chi connectivity index (χ0v) is 12.3. The molecule has 0 bridgehead atoms. The maximum atomic E-state index is 13.8. The fourth-order valence-corrected chi connectivity index (χ4v) is 2.68. The Labute approximate surface area is 123 Å². The number of hydrogen-bond donors (Lipinski definition) is 2. The molecule has 0 spiro atoms. The van der Waals surface area contributed by atoms with Gasteiger partial charge in [-0.1, -0.05) is 31.5 Å². The number of carbonyl (C=O) groups excluding carboxylic acids is 1. The largest absolute Gasteiger partial charge is 0.394 e. The summed E-state index contributed by atoms with van der Waals surface area (Å²) in [5, 5.41) is 12.4. The molecule has 0 saturated heterocycles. The quantitative estimate of drug-likeness (QED) is 0.878. The third kappa shape index (κ3) is 3.13. The molecule has 0 aromatic heterocycles. The molecule has 2 rings (SSSR count). The molecule has 0 aliphatic heterocycles. The van der Waals surface area contributed by atoms with Crippen LogP contribution in [0.4, 0.5) is 4.39 Å². The van der Waals surface area contributed by atoms with Gasteiger partial charge in [0.05, 0.1) is 12.6 Å². The van der Waals surface area contributed by atoms with E-state index in [0.29, 0.717) is 17.0 Å². The molecule has 0 unspecified atom stereocenters. The first kappa shape index (κ1) is 15.3. The first-order valence-electron chi connectivity index (χ1n) is 6.80. The second-order valence-electron chi connectivity index (χ2n) is 5.63. The number of rotatable bonds is 5. The molecule has 1 aliphatic carbocycles. The van der Waals surface area contributed by atoms with Gasteiger partial charge in [0, 0.05) is 22.4 Å². The smallest absolute Gasteiger partial charge is 0.224 e. The molecule has 110 valence electrons. The second kappa shape index (κ2) is 6.10. The average molecular weight is 300 g/mol. The summed E-state index contributed by atoms with van der Waals surface area (Å²) in [4.78, 5) is 12.1. The number of aliphatic hydroxyl groups is 1. The van der Waals surface area contributed by atoms with Gasteiger partial charge in [0.2, 0.25) is 5.91 Å². The number of aliphatic hydroxyl groups excluding tert-OH is 1. The summed E-state index contributed by atoms with van der Waals surface area (Å²) < 4.78 is 13.8. The summed E-state index contributed by atoms with van der Waals surface area (Å²) in [6, 6.07) is 4.29. The van der Waals surface area contributed by atoms with E-state index < -0.39 is 0 Å². The van der Waals surface area contributed by atoms with Gasteiger partial charge >= 0.3 is 0 Å². The molecule has 0 heterocycles. The number of hydrogen-bond acceptors (Lipinski definition) is 2. The Bertz CT molecular complexity index is 486. The Hall–Kier alpha value is -1.13. The van der Waals surface area contributed by atoms with Crippen LogP contribution in [0.5, 0.6) is 0 Å². The van der Waals surface area contributed by atoms with Gasteiger partial charge in [0.15, 0.2) is 0 Å². The van der Waals surface area contributed by atoms with Gasteiger partial charge in [0.25, 0.3) is 0 Å². The van der Waals surface area contributed by atoms with Gasteiger partial charge in [-0.3, -0.25) is 4.79 Å². The van der Waals surface area contributed by atoms with E-state index in [9.17, 15) is 14.3 Å². The van der Waals surface area contributed by atoms with E-state index in [-0.39, 0.29) is 42.1 Å². The number of halogens is 2. The molecule has 1 amide bonds. The summed E-state index contributed by atoms with van der Waals surface area (Å²) >= 11 is 6.01. The van der Waals surface area contributed by atoms with Crippen LogP contribution in [-0.2, 0) is 4.79 Å². The van der Waals surface area contributed by atoms with Crippen LogP contribution in [0.25, 0.3) is 0 Å². The molecule has 1 aromatic rings. The summed E-state index contributed by atoms with van der Waals surface area (Å²) in [7, 11) is 0. The van der Waals surface area contributed by atoms with E-state index in [1.165, 1.54) is 6.07 Å². The van der Waals surface area contributed by atoms with E-state index in [2.05, 4.69) is 5.32 Å². The van der Waals surface area contributed by atoms with Crippen molar-refractivity contribution >= 4 is 17.5 Å². The van der Waals surface area contributed by atoms with Crippen molar-refractivity contribution in [2.24, 2.45) is 11.8 Å². The Morgan fingerprint density at radius 2 is 2.25 bits per heavy atom. The van der Waals surface area contributed by atoms with Crippen molar-refractivity contribution in [3.8, 4) is 0 Å². The Balaban J connectivity index is 2.03. The van der Waals surface area contributed by atoms with Crippen LogP contribution < -0.4 is 5.32 Å². The monoisotopic (exact) mass is 299 g/mol. The lowest BCUT2D eigenvalue weighted by atomic mass is 10.0.